The molecule has 0 aliphatic carbocycles. The molecule has 31 heavy (non-hydrogen) atoms. The van der Waals surface area contributed by atoms with Gasteiger partial charge in [0.1, 0.15) is 11.2 Å². The van der Waals surface area contributed by atoms with Crippen LogP contribution in [0.3, 0.4) is 0 Å². The van der Waals surface area contributed by atoms with Gasteiger partial charge in [-0.05, 0) is 47.9 Å². The smallest absolute Gasteiger partial charge is 0.336 e. The number of nitrogens with one attached hydrogen (secondary N) is 1. The van der Waals surface area contributed by atoms with Crippen molar-refractivity contribution in [1.29, 1.82) is 0 Å². The molecule has 1 amide bonds. The van der Waals surface area contributed by atoms with Crippen LogP contribution >= 0.6 is 0 Å². The predicted molar refractivity (Wildman–Crippen MR) is 119 cm³/mol. The van der Waals surface area contributed by atoms with Crippen LogP contribution in [0, 0.1) is 6.92 Å². The Labute approximate surface area is 178 Å². The van der Waals surface area contributed by atoms with E-state index in [9.17, 15) is 14.7 Å². The molecule has 0 unspecified atom stereocenters. The molecule has 0 fully saturated rings. The maximum atomic E-state index is 11.5. The van der Waals surface area contributed by atoms with Gasteiger partial charge in [0.05, 0.1) is 16.8 Å². The average Bonchev–Trinajstić information content (AvgIpc) is 2.77. The summed E-state index contributed by atoms with van der Waals surface area (Å²) in [5.41, 5.74) is 11.2. The molecule has 0 radical (unpaired) electrons. The highest BCUT2D eigenvalue weighted by Crippen LogP contribution is 2.25. The lowest BCUT2D eigenvalue weighted by atomic mass is 9.99. The lowest BCUT2D eigenvalue weighted by Crippen LogP contribution is -2.13. The number of amides is 1. The van der Waals surface area contributed by atoms with Gasteiger partial charge in [0.25, 0.3) is 5.91 Å². The number of carboxylic acids is 1. The Kier molecular flexibility index (Phi) is 5.32. The van der Waals surface area contributed by atoms with E-state index in [1.807, 2.05) is 43.3 Å². The summed E-state index contributed by atoms with van der Waals surface area (Å²) in [6, 6.07) is 19.8. The molecule has 4 aromatic rings. The second-order valence-electron chi connectivity index (χ2n) is 7.14. The Morgan fingerprint density at radius 1 is 1.00 bits per heavy atom. The summed E-state index contributed by atoms with van der Waals surface area (Å²) in [5, 5.41) is 12.8. The Hall–Kier alpha value is -4.26. The monoisotopic (exact) mass is 412 g/mol. The fraction of sp³-hybridized carbons (Fsp3) is 0.0833. The first-order valence-electron chi connectivity index (χ1n) is 9.66. The SMILES string of the molecule is Cc1cc(NCc2ccc(-c3ccccc3C(=O)O)cc2)c2nc(C(N)=O)ccc2n1. The molecule has 4 rings (SSSR count). The number of aromatic nitrogens is 2. The number of aromatic carboxylic acids is 1. The van der Waals surface area contributed by atoms with Crippen LogP contribution in [0.4, 0.5) is 5.69 Å². The number of aryl methyl sites for hydroxylation is 1. The molecule has 2 aromatic heterocycles. The van der Waals surface area contributed by atoms with E-state index in [0.717, 1.165) is 22.5 Å². The fourth-order valence-electron chi connectivity index (χ4n) is 3.43. The first kappa shape index (κ1) is 20.0. The zero-order valence-electron chi connectivity index (χ0n) is 16.8. The molecule has 2 aromatic carbocycles. The number of pyridine rings is 2. The zero-order chi connectivity index (χ0) is 22.0. The molecule has 154 valence electrons. The van der Waals surface area contributed by atoms with E-state index in [2.05, 4.69) is 15.3 Å². The van der Waals surface area contributed by atoms with Crippen molar-refractivity contribution in [3.8, 4) is 11.1 Å². The van der Waals surface area contributed by atoms with Gasteiger partial charge in [-0.2, -0.15) is 0 Å². The Morgan fingerprint density at radius 2 is 1.74 bits per heavy atom. The van der Waals surface area contributed by atoms with Crippen LogP contribution in [0.5, 0.6) is 0 Å². The van der Waals surface area contributed by atoms with Crippen molar-refractivity contribution < 1.29 is 14.7 Å². The predicted octanol–water partition coefficient (Wildman–Crippen LogP) is 4.01. The number of rotatable bonds is 6. The summed E-state index contributed by atoms with van der Waals surface area (Å²) in [6.45, 7) is 2.41. The van der Waals surface area contributed by atoms with Crippen LogP contribution < -0.4 is 11.1 Å². The summed E-state index contributed by atoms with van der Waals surface area (Å²) < 4.78 is 0. The second kappa shape index (κ2) is 8.23. The maximum absolute atomic E-state index is 11.5. The van der Waals surface area contributed by atoms with Gasteiger partial charge in [0.15, 0.2) is 0 Å². The number of carboxylic acid groups (broad SMARTS) is 1. The van der Waals surface area contributed by atoms with Crippen LogP contribution in [0.15, 0.2) is 66.7 Å². The number of nitrogens with zero attached hydrogens (tertiary/aromatic N) is 2. The molecule has 2 heterocycles. The number of nitrogens with two attached hydrogens (primary N) is 1. The van der Waals surface area contributed by atoms with E-state index in [1.54, 1.807) is 30.3 Å². The van der Waals surface area contributed by atoms with Crippen molar-refractivity contribution in [2.45, 2.75) is 13.5 Å². The van der Waals surface area contributed by atoms with Gasteiger partial charge in [-0.3, -0.25) is 9.78 Å². The Morgan fingerprint density at radius 3 is 2.45 bits per heavy atom. The lowest BCUT2D eigenvalue weighted by Gasteiger charge is -2.12. The average molecular weight is 412 g/mol. The highest BCUT2D eigenvalue weighted by atomic mass is 16.4. The molecule has 0 spiro atoms. The molecular formula is C24H20N4O3. The van der Waals surface area contributed by atoms with Gasteiger partial charge in [-0.25, -0.2) is 9.78 Å². The van der Waals surface area contributed by atoms with Crippen molar-refractivity contribution in [2.24, 2.45) is 5.73 Å². The number of anilines is 1. The minimum atomic E-state index is -0.955. The van der Waals surface area contributed by atoms with Crippen LogP contribution in [0.25, 0.3) is 22.2 Å². The van der Waals surface area contributed by atoms with Crippen molar-refractivity contribution >= 4 is 28.6 Å². The molecule has 0 atom stereocenters. The van der Waals surface area contributed by atoms with E-state index in [0.29, 0.717) is 23.1 Å². The maximum Gasteiger partial charge on any atom is 0.336 e. The number of carbonyl (C=O) groups is 2. The molecule has 0 bridgehead atoms. The molecule has 0 saturated heterocycles. The highest BCUT2D eigenvalue weighted by Gasteiger charge is 2.12. The molecule has 7 nitrogen and oxygen atoms in total. The number of hydrogen-bond acceptors (Lipinski definition) is 5. The number of fused-ring (bicyclic) bond motifs is 1. The quantitative estimate of drug-likeness (QED) is 0.440. The minimum Gasteiger partial charge on any atom is -0.478 e. The normalized spacial score (nSPS) is 10.7. The zero-order valence-corrected chi connectivity index (χ0v) is 16.8. The standard InChI is InChI=1S/C24H20N4O3/c1-14-12-21(22-19(27-14)10-11-20(28-22)23(25)29)26-13-15-6-8-16(9-7-15)17-4-2-3-5-18(17)24(30)31/h2-12H,13H2,1H3,(H2,25,29)(H,26,27)(H,30,31). The third kappa shape index (κ3) is 4.20. The summed E-state index contributed by atoms with van der Waals surface area (Å²) in [6.07, 6.45) is 0. The Bertz CT molecular complexity index is 1300. The van der Waals surface area contributed by atoms with Crippen molar-refractivity contribution in [2.75, 3.05) is 5.32 Å². The van der Waals surface area contributed by atoms with E-state index in [-0.39, 0.29) is 11.3 Å². The third-order valence-electron chi connectivity index (χ3n) is 4.94. The minimum absolute atomic E-state index is 0.183. The van der Waals surface area contributed by atoms with E-state index >= 15 is 0 Å². The number of primary amides is 1. The van der Waals surface area contributed by atoms with Gasteiger partial charge in [-0.1, -0.05) is 42.5 Å². The summed E-state index contributed by atoms with van der Waals surface area (Å²) in [5.74, 6) is -1.55. The third-order valence-corrected chi connectivity index (χ3v) is 4.94. The van der Waals surface area contributed by atoms with Crippen LogP contribution in [0.1, 0.15) is 32.1 Å². The molecule has 0 saturated carbocycles. The molecule has 4 N–H and O–H groups in total. The van der Waals surface area contributed by atoms with Gasteiger partial charge in [0, 0.05) is 12.2 Å². The van der Waals surface area contributed by atoms with Crippen molar-refractivity contribution in [3.05, 3.63) is 89.2 Å². The first-order chi connectivity index (χ1) is 14.9. The second-order valence-corrected chi connectivity index (χ2v) is 7.14. The van der Waals surface area contributed by atoms with Gasteiger partial charge < -0.3 is 16.2 Å². The number of benzene rings is 2. The molecule has 0 aliphatic heterocycles. The topological polar surface area (TPSA) is 118 Å². The highest BCUT2D eigenvalue weighted by molar-refractivity contribution is 5.96. The number of hydrogen-bond donors (Lipinski definition) is 3. The van der Waals surface area contributed by atoms with E-state index in [4.69, 9.17) is 5.73 Å². The largest absolute Gasteiger partial charge is 0.478 e. The number of carbonyl (C=O) groups excluding carboxylic acids is 1. The Balaban J connectivity index is 1.59. The van der Waals surface area contributed by atoms with Gasteiger partial charge in [-0.15, -0.1) is 0 Å². The van der Waals surface area contributed by atoms with Crippen LogP contribution in [0.2, 0.25) is 0 Å². The van der Waals surface area contributed by atoms with E-state index < -0.39 is 11.9 Å². The van der Waals surface area contributed by atoms with E-state index in [1.165, 1.54) is 0 Å². The van der Waals surface area contributed by atoms with Crippen molar-refractivity contribution in [3.63, 3.8) is 0 Å². The summed E-state index contributed by atoms with van der Waals surface area (Å²) >= 11 is 0. The van der Waals surface area contributed by atoms with Crippen LogP contribution in [-0.2, 0) is 6.54 Å². The lowest BCUT2D eigenvalue weighted by molar-refractivity contribution is 0.0697. The first-order valence-corrected chi connectivity index (χ1v) is 9.66. The van der Waals surface area contributed by atoms with Crippen molar-refractivity contribution in [1.82, 2.24) is 9.97 Å². The summed E-state index contributed by atoms with van der Waals surface area (Å²) in [4.78, 5) is 31.8. The fourth-order valence-corrected chi connectivity index (χ4v) is 3.43. The van der Waals surface area contributed by atoms with Crippen LogP contribution in [-0.4, -0.2) is 27.0 Å². The molecule has 7 heteroatoms. The molecule has 0 aliphatic rings. The van der Waals surface area contributed by atoms with Gasteiger partial charge >= 0.3 is 5.97 Å². The van der Waals surface area contributed by atoms with Gasteiger partial charge in [0.2, 0.25) is 0 Å². The summed E-state index contributed by atoms with van der Waals surface area (Å²) in [7, 11) is 0. The molecular weight excluding hydrogens is 392 g/mol.